The second kappa shape index (κ2) is 13.2. The number of benzene rings is 1. The Bertz CT molecular complexity index is 1050. The van der Waals surface area contributed by atoms with Crippen molar-refractivity contribution in [3.8, 4) is 11.5 Å². The number of aliphatic hydroxyl groups excluding tert-OH is 1. The summed E-state index contributed by atoms with van der Waals surface area (Å²) in [6.07, 6.45) is 2.20. The van der Waals surface area contributed by atoms with Crippen molar-refractivity contribution in [2.75, 3.05) is 46.3 Å². The lowest BCUT2D eigenvalue weighted by atomic mass is 10.0. The van der Waals surface area contributed by atoms with Gasteiger partial charge < -0.3 is 34.4 Å². The van der Waals surface area contributed by atoms with Crippen molar-refractivity contribution in [1.82, 2.24) is 24.8 Å². The van der Waals surface area contributed by atoms with E-state index in [2.05, 4.69) is 15.6 Å². The summed E-state index contributed by atoms with van der Waals surface area (Å²) in [5, 5.41) is 20.7. The number of ether oxygens (including phenoxy) is 3. The Morgan fingerprint density at radius 1 is 1.35 bits per heavy atom. The predicted octanol–water partition coefficient (Wildman–Crippen LogP) is 1.98. The molecule has 1 aliphatic heterocycles. The van der Waals surface area contributed by atoms with Crippen molar-refractivity contribution in [3.63, 3.8) is 0 Å². The van der Waals surface area contributed by atoms with E-state index < -0.39 is 6.10 Å². The van der Waals surface area contributed by atoms with Crippen LogP contribution in [0.2, 0.25) is 0 Å². The van der Waals surface area contributed by atoms with Crippen LogP contribution in [0.1, 0.15) is 32.4 Å². The van der Waals surface area contributed by atoms with Gasteiger partial charge in [-0.25, -0.2) is 9.48 Å². The number of likely N-dealkylation sites (N-methyl/N-ethyl adjacent to an activating group) is 1. The van der Waals surface area contributed by atoms with Gasteiger partial charge >= 0.3 is 6.03 Å². The molecule has 1 aromatic carbocycles. The average Bonchev–Trinajstić information content (AvgIpc) is 3.35. The minimum absolute atomic E-state index is 0.0351. The third kappa shape index (κ3) is 7.32. The van der Waals surface area contributed by atoms with Gasteiger partial charge in [0, 0.05) is 45.1 Å². The van der Waals surface area contributed by atoms with E-state index >= 15 is 0 Å². The molecule has 2 aromatic rings. The number of nitrogens with zero attached hydrogens (tertiary/aromatic N) is 5. The zero-order valence-corrected chi connectivity index (χ0v) is 22.2. The molecular formula is C25H38N6O6. The number of methoxy groups -OCH3 is 2. The second-order valence-electron chi connectivity index (χ2n) is 9.33. The molecule has 1 aliphatic rings. The molecule has 2 heterocycles. The third-order valence-electron chi connectivity index (χ3n) is 6.59. The van der Waals surface area contributed by atoms with E-state index in [0.29, 0.717) is 43.1 Å². The summed E-state index contributed by atoms with van der Waals surface area (Å²) in [6.45, 7) is 5.14. The fraction of sp³-hybridized carbons (Fsp3) is 0.600. The molecule has 0 fully saturated rings. The molecule has 1 aromatic heterocycles. The highest BCUT2D eigenvalue weighted by Crippen LogP contribution is 2.29. The maximum absolute atomic E-state index is 13.1. The number of urea groups is 1. The average molecular weight is 519 g/mol. The number of anilines is 1. The van der Waals surface area contributed by atoms with E-state index in [1.165, 1.54) is 12.0 Å². The van der Waals surface area contributed by atoms with Crippen molar-refractivity contribution in [1.29, 1.82) is 0 Å². The van der Waals surface area contributed by atoms with Crippen LogP contribution in [0.3, 0.4) is 0 Å². The number of nitrogens with one attached hydrogen (secondary N) is 1. The van der Waals surface area contributed by atoms with E-state index in [0.717, 1.165) is 5.69 Å². The Kier molecular flexibility index (Phi) is 10.1. The summed E-state index contributed by atoms with van der Waals surface area (Å²) >= 11 is 0. The van der Waals surface area contributed by atoms with Crippen LogP contribution in [-0.2, 0) is 22.7 Å². The summed E-state index contributed by atoms with van der Waals surface area (Å²) in [7, 11) is 4.76. The summed E-state index contributed by atoms with van der Waals surface area (Å²) in [6, 6.07) is 4.48. The van der Waals surface area contributed by atoms with Crippen LogP contribution in [0.5, 0.6) is 11.5 Å². The van der Waals surface area contributed by atoms with Gasteiger partial charge in [0.05, 0.1) is 57.2 Å². The molecular weight excluding hydrogens is 480 g/mol. The number of aromatic nitrogens is 3. The van der Waals surface area contributed by atoms with Crippen LogP contribution >= 0.6 is 0 Å². The lowest BCUT2D eigenvalue weighted by Gasteiger charge is -2.35. The summed E-state index contributed by atoms with van der Waals surface area (Å²) in [4.78, 5) is 29.3. The molecule has 204 valence electrons. The van der Waals surface area contributed by atoms with Gasteiger partial charge in [-0.3, -0.25) is 4.79 Å². The van der Waals surface area contributed by atoms with Gasteiger partial charge in [-0.15, -0.1) is 5.10 Å². The fourth-order valence-electron chi connectivity index (χ4n) is 4.21. The molecule has 0 aliphatic carbocycles. The number of hydrogen-bond acceptors (Lipinski definition) is 8. The van der Waals surface area contributed by atoms with E-state index in [4.69, 9.17) is 14.2 Å². The first-order chi connectivity index (χ1) is 17.8. The fourth-order valence-corrected chi connectivity index (χ4v) is 4.21. The van der Waals surface area contributed by atoms with Gasteiger partial charge in [-0.05, 0) is 25.5 Å². The third-order valence-corrected chi connectivity index (χ3v) is 6.59. The van der Waals surface area contributed by atoms with E-state index in [9.17, 15) is 14.7 Å². The van der Waals surface area contributed by atoms with Crippen molar-refractivity contribution < 1.29 is 28.9 Å². The van der Waals surface area contributed by atoms with Gasteiger partial charge in [0.15, 0.2) is 0 Å². The standard InChI is InChI=1S/C25H38N6O6/c1-17-13-30(18(2)15-32)24(33)7-6-10-31-19(12-26-28-31)16-37-23(17)14-29(3)25(34)27-21-9-8-20(35-4)11-22(21)36-5/h8-9,11-12,17-18,23,32H,6-7,10,13-16H2,1-5H3,(H,27,34)/t17-,18-,23-/m0/s1. The topological polar surface area (TPSA) is 131 Å². The first-order valence-corrected chi connectivity index (χ1v) is 12.4. The first kappa shape index (κ1) is 28.2. The molecule has 37 heavy (non-hydrogen) atoms. The van der Waals surface area contributed by atoms with Gasteiger partial charge in [-0.2, -0.15) is 0 Å². The van der Waals surface area contributed by atoms with Crippen LogP contribution in [0.15, 0.2) is 24.4 Å². The Morgan fingerprint density at radius 2 is 2.14 bits per heavy atom. The lowest BCUT2D eigenvalue weighted by Crippen LogP contribution is -2.48. The summed E-state index contributed by atoms with van der Waals surface area (Å²) in [5.74, 6) is 0.924. The Balaban J connectivity index is 1.78. The molecule has 3 atom stereocenters. The highest BCUT2D eigenvalue weighted by atomic mass is 16.5. The quantitative estimate of drug-likeness (QED) is 0.569. The zero-order valence-electron chi connectivity index (χ0n) is 22.2. The molecule has 0 bridgehead atoms. The van der Waals surface area contributed by atoms with Gasteiger partial charge in [0.2, 0.25) is 5.91 Å². The molecule has 0 spiro atoms. The van der Waals surface area contributed by atoms with E-state index in [1.54, 1.807) is 48.1 Å². The van der Waals surface area contributed by atoms with Crippen molar-refractivity contribution in [3.05, 3.63) is 30.1 Å². The number of aryl methyl sites for hydroxylation is 1. The minimum atomic E-state index is -0.405. The van der Waals surface area contributed by atoms with Crippen molar-refractivity contribution in [2.45, 2.75) is 52.0 Å². The van der Waals surface area contributed by atoms with Gasteiger partial charge in [0.25, 0.3) is 0 Å². The minimum Gasteiger partial charge on any atom is -0.497 e. The molecule has 2 N–H and O–H groups in total. The Morgan fingerprint density at radius 3 is 2.84 bits per heavy atom. The van der Waals surface area contributed by atoms with Gasteiger partial charge in [0.1, 0.15) is 11.5 Å². The Labute approximate surface area is 217 Å². The molecule has 12 heteroatoms. The monoisotopic (exact) mass is 518 g/mol. The molecule has 3 rings (SSSR count). The van der Waals surface area contributed by atoms with Crippen molar-refractivity contribution in [2.24, 2.45) is 5.92 Å². The SMILES string of the molecule is COc1ccc(NC(=O)N(C)C[C@@H]2OCc3cnnn3CCCC(=O)N([C@@H](C)CO)C[C@@H]2C)c(OC)c1. The maximum Gasteiger partial charge on any atom is 0.321 e. The largest absolute Gasteiger partial charge is 0.497 e. The number of fused-ring (bicyclic) bond motifs is 1. The summed E-state index contributed by atoms with van der Waals surface area (Å²) in [5.41, 5.74) is 1.32. The molecule has 12 nitrogen and oxygen atoms in total. The highest BCUT2D eigenvalue weighted by Gasteiger charge is 2.29. The zero-order chi connectivity index (χ0) is 26.9. The lowest BCUT2D eigenvalue weighted by molar-refractivity contribution is -0.136. The second-order valence-corrected chi connectivity index (χ2v) is 9.33. The number of carbonyl (C=O) groups is 2. The molecule has 0 unspecified atom stereocenters. The number of aliphatic hydroxyl groups is 1. The van der Waals surface area contributed by atoms with E-state index in [1.807, 2.05) is 13.8 Å². The first-order valence-electron chi connectivity index (χ1n) is 12.4. The summed E-state index contributed by atoms with van der Waals surface area (Å²) < 4.78 is 18.6. The molecule has 0 saturated heterocycles. The Hall–Kier alpha value is -3.38. The smallest absolute Gasteiger partial charge is 0.321 e. The number of amides is 3. The maximum atomic E-state index is 13.1. The number of rotatable bonds is 7. The molecule has 3 amide bonds. The molecule has 0 saturated carbocycles. The van der Waals surface area contributed by atoms with Crippen LogP contribution in [-0.4, -0.2) is 94.9 Å². The van der Waals surface area contributed by atoms with E-state index in [-0.39, 0.29) is 43.7 Å². The number of carbonyl (C=O) groups excluding carboxylic acids is 2. The predicted molar refractivity (Wildman–Crippen MR) is 136 cm³/mol. The van der Waals surface area contributed by atoms with Gasteiger partial charge in [-0.1, -0.05) is 12.1 Å². The van der Waals surface area contributed by atoms with Crippen molar-refractivity contribution >= 4 is 17.6 Å². The van der Waals surface area contributed by atoms with Crippen LogP contribution in [0.25, 0.3) is 0 Å². The van der Waals surface area contributed by atoms with Crippen LogP contribution < -0.4 is 14.8 Å². The normalized spacial score (nSPS) is 19.7. The van der Waals surface area contributed by atoms with Crippen LogP contribution in [0.4, 0.5) is 10.5 Å². The highest BCUT2D eigenvalue weighted by molar-refractivity contribution is 5.91. The molecule has 0 radical (unpaired) electrons. The van der Waals surface area contributed by atoms with Crippen LogP contribution in [0, 0.1) is 5.92 Å². The number of hydrogen-bond donors (Lipinski definition) is 2.